The summed E-state index contributed by atoms with van der Waals surface area (Å²) in [5.41, 5.74) is 1.60. The van der Waals surface area contributed by atoms with E-state index in [4.69, 9.17) is 21.6 Å². The van der Waals surface area contributed by atoms with Gasteiger partial charge in [-0.25, -0.2) is 0 Å². The molecule has 92 valence electrons. The van der Waals surface area contributed by atoms with Crippen LogP contribution in [0.1, 0.15) is 24.5 Å². The van der Waals surface area contributed by atoms with E-state index in [1.165, 1.54) is 0 Å². The predicted octanol–water partition coefficient (Wildman–Crippen LogP) is 2.73. The monoisotopic (exact) mass is 252 g/mol. The lowest BCUT2D eigenvalue weighted by atomic mass is 10.1. The van der Waals surface area contributed by atoms with Gasteiger partial charge in [0.1, 0.15) is 0 Å². The van der Waals surface area contributed by atoms with E-state index < -0.39 is 0 Å². The molecule has 17 heavy (non-hydrogen) atoms. The maximum absolute atomic E-state index is 8.73. The van der Waals surface area contributed by atoms with Crippen molar-refractivity contribution in [3.8, 4) is 6.07 Å². The maximum Gasteiger partial charge on any atom is 0.0992 e. The first-order valence-electron chi connectivity index (χ1n) is 5.58. The minimum Gasteiger partial charge on any atom is -0.385 e. The van der Waals surface area contributed by atoms with Gasteiger partial charge in [-0.15, -0.1) is 0 Å². The molecule has 0 aliphatic heterocycles. The molecule has 0 amide bonds. The van der Waals surface area contributed by atoms with Crippen LogP contribution < -0.4 is 5.32 Å². The van der Waals surface area contributed by atoms with E-state index in [0.29, 0.717) is 23.2 Å². The number of methoxy groups -OCH3 is 1. The number of hydrogen-bond acceptors (Lipinski definition) is 3. The molecular formula is C13H17ClN2O. The first-order chi connectivity index (χ1) is 8.17. The van der Waals surface area contributed by atoms with E-state index in [0.717, 1.165) is 18.6 Å². The zero-order chi connectivity index (χ0) is 12.7. The van der Waals surface area contributed by atoms with Crippen LogP contribution in [0.25, 0.3) is 0 Å². The molecule has 1 aromatic rings. The molecule has 1 unspecified atom stereocenters. The van der Waals surface area contributed by atoms with Gasteiger partial charge in [-0.1, -0.05) is 17.7 Å². The Labute approximate surface area is 107 Å². The third-order valence-corrected chi connectivity index (χ3v) is 2.93. The summed E-state index contributed by atoms with van der Waals surface area (Å²) in [7, 11) is 1.70. The number of nitrogens with zero attached hydrogens (tertiary/aromatic N) is 1. The van der Waals surface area contributed by atoms with Crippen LogP contribution >= 0.6 is 11.6 Å². The fourth-order valence-corrected chi connectivity index (χ4v) is 1.69. The first-order valence-corrected chi connectivity index (χ1v) is 5.96. The first kappa shape index (κ1) is 14.0. The Bertz CT molecular complexity index is 401. The van der Waals surface area contributed by atoms with Crippen LogP contribution in [-0.4, -0.2) is 19.8 Å². The topological polar surface area (TPSA) is 45.0 Å². The van der Waals surface area contributed by atoms with Crippen LogP contribution in [0, 0.1) is 11.3 Å². The molecule has 1 N–H and O–H groups in total. The van der Waals surface area contributed by atoms with Crippen molar-refractivity contribution in [1.82, 2.24) is 5.32 Å². The summed E-state index contributed by atoms with van der Waals surface area (Å²) < 4.78 is 5.02. The molecule has 0 aliphatic carbocycles. The normalized spacial score (nSPS) is 12.1. The highest BCUT2D eigenvalue weighted by Gasteiger charge is 2.04. The van der Waals surface area contributed by atoms with Crippen LogP contribution in [0.2, 0.25) is 5.02 Å². The summed E-state index contributed by atoms with van der Waals surface area (Å²) in [6, 6.07) is 7.80. The Morgan fingerprint density at radius 1 is 1.53 bits per heavy atom. The van der Waals surface area contributed by atoms with Crippen LogP contribution in [0.4, 0.5) is 0 Å². The van der Waals surface area contributed by atoms with Gasteiger partial charge >= 0.3 is 0 Å². The fourth-order valence-electron chi connectivity index (χ4n) is 1.44. The highest BCUT2D eigenvalue weighted by atomic mass is 35.5. The molecule has 0 saturated heterocycles. The second kappa shape index (κ2) is 7.29. The quantitative estimate of drug-likeness (QED) is 0.847. The maximum atomic E-state index is 8.73. The summed E-state index contributed by atoms with van der Waals surface area (Å²) in [6.45, 7) is 3.56. The van der Waals surface area contributed by atoms with Gasteiger partial charge in [0.25, 0.3) is 0 Å². The minimum atomic E-state index is 0.377. The Morgan fingerprint density at radius 2 is 2.29 bits per heavy atom. The van der Waals surface area contributed by atoms with E-state index in [1.807, 2.05) is 6.07 Å². The SMILES string of the molecule is COCCC(C)NCc1ccc(C#N)cc1Cl. The number of halogens is 1. The van der Waals surface area contributed by atoms with Gasteiger partial charge in [-0.3, -0.25) is 0 Å². The highest BCUT2D eigenvalue weighted by Crippen LogP contribution is 2.17. The van der Waals surface area contributed by atoms with Crippen molar-refractivity contribution in [2.45, 2.75) is 25.9 Å². The number of nitrogens with one attached hydrogen (secondary N) is 1. The van der Waals surface area contributed by atoms with Gasteiger partial charge in [0, 0.05) is 31.3 Å². The van der Waals surface area contributed by atoms with Crippen LogP contribution in [0.15, 0.2) is 18.2 Å². The molecule has 0 heterocycles. The van der Waals surface area contributed by atoms with Crippen LogP contribution in [-0.2, 0) is 11.3 Å². The highest BCUT2D eigenvalue weighted by molar-refractivity contribution is 6.31. The van der Waals surface area contributed by atoms with Gasteiger partial charge in [-0.2, -0.15) is 5.26 Å². The van der Waals surface area contributed by atoms with E-state index in [2.05, 4.69) is 18.3 Å². The largest absolute Gasteiger partial charge is 0.385 e. The fraction of sp³-hybridized carbons (Fsp3) is 0.462. The van der Waals surface area contributed by atoms with Gasteiger partial charge in [0.05, 0.1) is 11.6 Å². The molecule has 4 heteroatoms. The van der Waals surface area contributed by atoms with Gasteiger partial charge in [0.2, 0.25) is 0 Å². The molecule has 1 rings (SSSR count). The smallest absolute Gasteiger partial charge is 0.0992 e. The van der Waals surface area contributed by atoms with Crippen molar-refractivity contribution < 1.29 is 4.74 Å². The summed E-state index contributed by atoms with van der Waals surface area (Å²) in [5.74, 6) is 0. The minimum absolute atomic E-state index is 0.377. The molecule has 0 fully saturated rings. The number of hydrogen-bond donors (Lipinski definition) is 1. The Morgan fingerprint density at radius 3 is 2.88 bits per heavy atom. The molecule has 1 aromatic carbocycles. The second-order valence-corrected chi connectivity index (χ2v) is 4.39. The third-order valence-electron chi connectivity index (χ3n) is 2.58. The average Bonchev–Trinajstić information content (AvgIpc) is 2.34. The van der Waals surface area contributed by atoms with Gasteiger partial charge < -0.3 is 10.1 Å². The Hall–Kier alpha value is -1.08. The van der Waals surface area contributed by atoms with Crippen molar-refractivity contribution in [3.63, 3.8) is 0 Å². The molecule has 0 aliphatic rings. The predicted molar refractivity (Wildman–Crippen MR) is 69.0 cm³/mol. The Kier molecular flexibility index (Phi) is 5.99. The lowest BCUT2D eigenvalue weighted by Gasteiger charge is -2.14. The van der Waals surface area contributed by atoms with Crippen molar-refractivity contribution in [2.75, 3.05) is 13.7 Å². The molecule has 0 aromatic heterocycles. The number of benzene rings is 1. The Balaban J connectivity index is 2.49. The van der Waals surface area contributed by atoms with Crippen LogP contribution in [0.5, 0.6) is 0 Å². The van der Waals surface area contributed by atoms with E-state index in [9.17, 15) is 0 Å². The summed E-state index contributed by atoms with van der Waals surface area (Å²) in [4.78, 5) is 0. The van der Waals surface area contributed by atoms with Crippen molar-refractivity contribution in [3.05, 3.63) is 34.3 Å². The van der Waals surface area contributed by atoms with Crippen molar-refractivity contribution >= 4 is 11.6 Å². The van der Waals surface area contributed by atoms with Crippen molar-refractivity contribution in [1.29, 1.82) is 5.26 Å². The van der Waals surface area contributed by atoms with E-state index in [1.54, 1.807) is 19.2 Å². The third kappa shape index (κ3) is 4.74. The molecule has 0 bridgehead atoms. The summed E-state index contributed by atoms with van der Waals surface area (Å²) in [5, 5.41) is 12.7. The lowest BCUT2D eigenvalue weighted by Crippen LogP contribution is -2.26. The zero-order valence-corrected chi connectivity index (χ0v) is 10.9. The molecular weight excluding hydrogens is 236 g/mol. The zero-order valence-electron chi connectivity index (χ0n) is 10.2. The summed E-state index contributed by atoms with van der Waals surface area (Å²) in [6.07, 6.45) is 0.963. The molecule has 0 radical (unpaired) electrons. The molecule has 0 saturated carbocycles. The number of nitriles is 1. The van der Waals surface area contributed by atoms with E-state index in [-0.39, 0.29) is 0 Å². The average molecular weight is 253 g/mol. The number of ether oxygens (including phenoxy) is 1. The van der Waals surface area contributed by atoms with Crippen molar-refractivity contribution in [2.24, 2.45) is 0 Å². The van der Waals surface area contributed by atoms with Gasteiger partial charge in [0.15, 0.2) is 0 Å². The molecule has 3 nitrogen and oxygen atoms in total. The standard InChI is InChI=1S/C13H17ClN2O/c1-10(5-6-17-2)16-9-12-4-3-11(8-15)7-13(12)14/h3-4,7,10,16H,5-6,9H2,1-2H3. The lowest BCUT2D eigenvalue weighted by molar-refractivity contribution is 0.184. The summed E-state index contributed by atoms with van der Waals surface area (Å²) >= 11 is 6.08. The van der Waals surface area contributed by atoms with Gasteiger partial charge in [-0.05, 0) is 31.0 Å². The molecule has 1 atom stereocenters. The van der Waals surface area contributed by atoms with E-state index >= 15 is 0 Å². The number of rotatable bonds is 6. The van der Waals surface area contributed by atoms with Crippen LogP contribution in [0.3, 0.4) is 0 Å². The molecule has 0 spiro atoms. The second-order valence-electron chi connectivity index (χ2n) is 3.98.